The molecular weight excluding hydrogens is 659 g/mol. The van der Waals surface area contributed by atoms with Crippen molar-refractivity contribution in [2.45, 2.75) is 212 Å². The Labute approximate surface area is 336 Å². The third-order valence-corrected chi connectivity index (χ3v) is 10.9. The molecule has 1 fully saturated rings. The molecule has 0 saturated carbocycles. The number of ether oxygens (including phenoxy) is 2. The molecule has 0 N–H and O–H groups in total. The van der Waals surface area contributed by atoms with Crippen LogP contribution in [-0.4, -0.2) is 43.4 Å². The number of nitrogens with zero attached hydrogens (tertiary/aromatic N) is 1. The van der Waals surface area contributed by atoms with Gasteiger partial charge in [-0.1, -0.05) is 196 Å². The zero-order valence-corrected chi connectivity index (χ0v) is 35.8. The smallest absolute Gasteiger partial charge is 0.0975 e. The Kier molecular flexibility index (Phi) is 33.9. The molecule has 0 unspecified atom stereocenters. The Morgan fingerprint density at radius 1 is 0.444 bits per heavy atom. The van der Waals surface area contributed by atoms with E-state index in [1.807, 2.05) is 0 Å². The third-order valence-electron chi connectivity index (χ3n) is 10.9. The van der Waals surface area contributed by atoms with E-state index in [0.717, 1.165) is 45.7 Å². The monoisotopic (exact) mass is 746 g/mol. The van der Waals surface area contributed by atoms with Gasteiger partial charge in [0.15, 0.2) is 0 Å². The van der Waals surface area contributed by atoms with Gasteiger partial charge in [0.05, 0.1) is 12.2 Å². The van der Waals surface area contributed by atoms with Crippen LogP contribution in [0, 0.1) is 0 Å². The summed E-state index contributed by atoms with van der Waals surface area (Å²) >= 11 is 0. The van der Waals surface area contributed by atoms with Crippen LogP contribution in [0.1, 0.15) is 199 Å². The lowest BCUT2D eigenvalue weighted by molar-refractivity contribution is -0.0481. The maximum absolute atomic E-state index is 6.52. The summed E-state index contributed by atoms with van der Waals surface area (Å²) in [5, 5.41) is 0. The maximum atomic E-state index is 6.52. The Balaban J connectivity index is 1.47. The molecule has 1 saturated heterocycles. The Morgan fingerprint density at radius 2 is 0.796 bits per heavy atom. The molecular formula is C51H87NO2. The van der Waals surface area contributed by atoms with Crippen molar-refractivity contribution < 1.29 is 9.47 Å². The molecule has 3 heteroatoms. The van der Waals surface area contributed by atoms with Crippen LogP contribution in [0.2, 0.25) is 0 Å². The Morgan fingerprint density at radius 3 is 1.19 bits per heavy atom. The van der Waals surface area contributed by atoms with E-state index in [2.05, 4.69) is 97.7 Å². The minimum atomic E-state index is 0.200. The summed E-state index contributed by atoms with van der Waals surface area (Å²) in [5.74, 6) is 0. The molecule has 1 heterocycles. The second kappa shape index (κ2) is 38.0. The molecule has 0 aliphatic carbocycles. The number of unbranched alkanes of at least 4 members (excludes halogenated alkanes) is 22. The van der Waals surface area contributed by atoms with Crippen molar-refractivity contribution in [1.29, 1.82) is 0 Å². The standard InChI is InChI=1S/C51H87NO2/c1-3-5-7-9-11-13-15-17-19-21-23-25-27-29-31-33-35-40-44-53-50-47-52(46-49-42-38-37-39-43-49)48-51(50)54-45-41-36-34-32-30-28-26-24-22-20-18-16-14-12-10-8-6-4-2/h11-14,17-20,37-39,42-43,50-51H,3-10,15-16,21-36,40-41,44-48H2,1-2H3/b13-11-,14-12-,19-17-,20-18-/t50-,51-/m1/s1. The van der Waals surface area contributed by atoms with Crippen molar-refractivity contribution in [1.82, 2.24) is 4.90 Å². The van der Waals surface area contributed by atoms with Gasteiger partial charge in [0, 0.05) is 32.8 Å². The maximum Gasteiger partial charge on any atom is 0.0975 e. The highest BCUT2D eigenvalue weighted by atomic mass is 16.5. The molecule has 0 amide bonds. The van der Waals surface area contributed by atoms with Gasteiger partial charge in [0.2, 0.25) is 0 Å². The van der Waals surface area contributed by atoms with Gasteiger partial charge in [0.1, 0.15) is 0 Å². The summed E-state index contributed by atoms with van der Waals surface area (Å²) in [6.45, 7) is 9.24. The molecule has 3 nitrogen and oxygen atoms in total. The molecule has 0 bridgehead atoms. The lowest BCUT2D eigenvalue weighted by Gasteiger charge is -2.20. The van der Waals surface area contributed by atoms with Gasteiger partial charge >= 0.3 is 0 Å². The minimum absolute atomic E-state index is 0.200. The molecule has 2 atom stereocenters. The van der Waals surface area contributed by atoms with Crippen molar-refractivity contribution in [3.63, 3.8) is 0 Å². The Hall–Kier alpha value is -1.94. The fraction of sp³-hybridized carbons (Fsp3) is 0.725. The average Bonchev–Trinajstić information content (AvgIpc) is 3.57. The highest BCUT2D eigenvalue weighted by Crippen LogP contribution is 2.21. The van der Waals surface area contributed by atoms with Crippen LogP contribution in [0.25, 0.3) is 0 Å². The van der Waals surface area contributed by atoms with Crippen LogP contribution in [0.5, 0.6) is 0 Å². The van der Waals surface area contributed by atoms with Crippen LogP contribution in [0.15, 0.2) is 78.9 Å². The fourth-order valence-corrected chi connectivity index (χ4v) is 7.47. The Bertz CT molecular complexity index is 967. The highest BCUT2D eigenvalue weighted by Gasteiger charge is 2.34. The predicted octanol–water partition coefficient (Wildman–Crippen LogP) is 15.5. The van der Waals surface area contributed by atoms with E-state index in [1.54, 1.807) is 0 Å². The van der Waals surface area contributed by atoms with Crippen LogP contribution in [-0.2, 0) is 16.0 Å². The highest BCUT2D eigenvalue weighted by molar-refractivity contribution is 5.15. The minimum Gasteiger partial charge on any atom is -0.374 e. The average molecular weight is 746 g/mol. The number of rotatable bonds is 38. The number of likely N-dealkylation sites (tertiary alicyclic amines) is 1. The fourth-order valence-electron chi connectivity index (χ4n) is 7.47. The number of hydrogen-bond acceptors (Lipinski definition) is 3. The first-order valence-electron chi connectivity index (χ1n) is 23.4. The lowest BCUT2D eigenvalue weighted by Crippen LogP contribution is -2.30. The summed E-state index contributed by atoms with van der Waals surface area (Å²) in [7, 11) is 0. The van der Waals surface area contributed by atoms with Crippen LogP contribution < -0.4 is 0 Å². The summed E-state index contributed by atoms with van der Waals surface area (Å²) < 4.78 is 13.0. The van der Waals surface area contributed by atoms with Gasteiger partial charge in [-0.2, -0.15) is 0 Å². The van der Waals surface area contributed by atoms with Gasteiger partial charge in [-0.05, 0) is 82.6 Å². The molecule has 54 heavy (non-hydrogen) atoms. The van der Waals surface area contributed by atoms with Gasteiger partial charge in [-0.15, -0.1) is 0 Å². The summed E-state index contributed by atoms with van der Waals surface area (Å²) in [4.78, 5) is 2.54. The third kappa shape index (κ3) is 29.4. The second-order valence-corrected chi connectivity index (χ2v) is 16.1. The molecule has 0 aromatic heterocycles. The molecule has 1 aromatic rings. The molecule has 0 spiro atoms. The number of benzene rings is 1. The van der Waals surface area contributed by atoms with Gasteiger partial charge in [-0.25, -0.2) is 0 Å². The van der Waals surface area contributed by atoms with E-state index >= 15 is 0 Å². The number of hydrogen-bond donors (Lipinski definition) is 0. The second-order valence-electron chi connectivity index (χ2n) is 16.1. The zero-order valence-electron chi connectivity index (χ0n) is 35.8. The van der Waals surface area contributed by atoms with E-state index in [1.165, 1.54) is 173 Å². The quantitative estimate of drug-likeness (QED) is 0.0497. The summed E-state index contributed by atoms with van der Waals surface area (Å²) in [6.07, 6.45) is 55.8. The summed E-state index contributed by atoms with van der Waals surface area (Å²) in [5.41, 5.74) is 1.38. The van der Waals surface area contributed by atoms with Crippen molar-refractivity contribution in [2.24, 2.45) is 0 Å². The van der Waals surface area contributed by atoms with Gasteiger partial charge < -0.3 is 9.47 Å². The van der Waals surface area contributed by atoms with Crippen LogP contribution in [0.4, 0.5) is 0 Å². The molecule has 0 radical (unpaired) electrons. The first-order valence-corrected chi connectivity index (χ1v) is 23.4. The first-order chi connectivity index (χ1) is 26.8. The molecule has 1 aliphatic heterocycles. The van der Waals surface area contributed by atoms with E-state index < -0.39 is 0 Å². The van der Waals surface area contributed by atoms with E-state index in [9.17, 15) is 0 Å². The molecule has 2 rings (SSSR count). The van der Waals surface area contributed by atoms with E-state index in [-0.39, 0.29) is 12.2 Å². The van der Waals surface area contributed by atoms with Crippen molar-refractivity contribution in [3.8, 4) is 0 Å². The van der Waals surface area contributed by atoms with Crippen molar-refractivity contribution in [2.75, 3.05) is 26.3 Å². The summed E-state index contributed by atoms with van der Waals surface area (Å²) in [6, 6.07) is 10.9. The van der Waals surface area contributed by atoms with Crippen LogP contribution >= 0.6 is 0 Å². The first kappa shape index (κ1) is 48.2. The molecule has 1 aliphatic rings. The van der Waals surface area contributed by atoms with Crippen LogP contribution in [0.3, 0.4) is 0 Å². The largest absolute Gasteiger partial charge is 0.374 e. The van der Waals surface area contributed by atoms with Gasteiger partial charge in [0.25, 0.3) is 0 Å². The normalized spacial score (nSPS) is 16.8. The molecule has 1 aromatic carbocycles. The van der Waals surface area contributed by atoms with Gasteiger partial charge in [-0.3, -0.25) is 4.90 Å². The lowest BCUT2D eigenvalue weighted by atomic mass is 10.1. The van der Waals surface area contributed by atoms with Crippen molar-refractivity contribution in [3.05, 3.63) is 84.5 Å². The topological polar surface area (TPSA) is 21.7 Å². The van der Waals surface area contributed by atoms with Crippen molar-refractivity contribution >= 4 is 0 Å². The predicted molar refractivity (Wildman–Crippen MR) is 238 cm³/mol. The van der Waals surface area contributed by atoms with E-state index in [4.69, 9.17) is 9.47 Å². The SMILES string of the molecule is CCCCC/C=C\C/C=C\CCCCCCCCCCO[C@@H]1CN(Cc2ccccc2)C[C@H]1OCCCCCCCCCC/C=C\C/C=C\CCCCC. The van der Waals surface area contributed by atoms with E-state index in [0.29, 0.717) is 0 Å². The number of allylic oxidation sites excluding steroid dienone is 8. The zero-order chi connectivity index (χ0) is 38.3. The molecule has 308 valence electrons.